The minimum absolute atomic E-state index is 0.130. The number of carbonyl (C=O) groups is 1. The third-order valence-electron chi connectivity index (χ3n) is 4.07. The number of alkyl halides is 3. The summed E-state index contributed by atoms with van der Waals surface area (Å²) in [5, 5.41) is 7.91. The molecule has 0 saturated heterocycles. The maximum Gasteiger partial charge on any atom is 0.417 e. The summed E-state index contributed by atoms with van der Waals surface area (Å²) in [6.07, 6.45) is -3.00. The number of amides is 1. The van der Waals surface area contributed by atoms with Crippen molar-refractivity contribution in [3.05, 3.63) is 77.1 Å². The van der Waals surface area contributed by atoms with Crippen LogP contribution >= 0.6 is 35.6 Å². The molecule has 3 rings (SSSR count). The minimum Gasteiger partial charge on any atom is -0.354 e. The molecule has 3 aromatic rings. The van der Waals surface area contributed by atoms with Gasteiger partial charge in [-0.2, -0.15) is 13.2 Å². The highest BCUT2D eigenvalue weighted by Gasteiger charge is 2.33. The number of rotatable bonds is 5. The lowest BCUT2D eigenvalue weighted by Crippen LogP contribution is -2.19. The molecule has 0 aliphatic rings. The van der Waals surface area contributed by atoms with E-state index in [1.54, 1.807) is 30.5 Å². The molecule has 5 nitrogen and oxygen atoms in total. The zero-order valence-corrected chi connectivity index (χ0v) is 18.8. The zero-order chi connectivity index (χ0) is 23.3. The number of carbonyl (C=O) groups excluding carboxylic acids is 1. The van der Waals surface area contributed by atoms with Gasteiger partial charge in [-0.05, 0) is 66.8 Å². The molecular weight excluding hydrogens is 481 g/mol. The molecule has 0 bridgehead atoms. The van der Waals surface area contributed by atoms with Gasteiger partial charge in [0.05, 0.1) is 10.6 Å². The SMILES string of the molecule is CNC(=O)c1cc(Sc2ccc(NC(=S)Nc3ccc(Cl)c(C(F)(F)F)c3)cc2)ccn1. The molecule has 0 saturated carbocycles. The second kappa shape index (κ2) is 10.2. The Labute approximate surface area is 196 Å². The topological polar surface area (TPSA) is 66.1 Å². The molecule has 0 radical (unpaired) electrons. The van der Waals surface area contributed by atoms with Gasteiger partial charge in [0.15, 0.2) is 5.11 Å². The monoisotopic (exact) mass is 496 g/mol. The van der Waals surface area contributed by atoms with Crippen molar-refractivity contribution in [3.8, 4) is 0 Å². The molecule has 1 heterocycles. The molecule has 32 heavy (non-hydrogen) atoms. The Kier molecular flexibility index (Phi) is 7.60. The standard InChI is InChI=1S/C21H16ClF3N4OS2/c1-26-19(30)18-11-15(8-9-27-18)32-14-5-2-12(3-6-14)28-20(31)29-13-4-7-17(22)16(10-13)21(23,24)25/h2-11H,1H3,(H,26,30)(H2,28,29,31). The quantitative estimate of drug-likeness (QED) is 0.372. The fraction of sp³-hybridized carbons (Fsp3) is 0.0952. The predicted molar refractivity (Wildman–Crippen MR) is 124 cm³/mol. The van der Waals surface area contributed by atoms with E-state index in [0.29, 0.717) is 11.4 Å². The highest BCUT2D eigenvalue weighted by molar-refractivity contribution is 7.99. The van der Waals surface area contributed by atoms with Crippen LogP contribution in [0.2, 0.25) is 5.02 Å². The number of aromatic nitrogens is 1. The van der Waals surface area contributed by atoms with Crippen molar-refractivity contribution in [2.24, 2.45) is 0 Å². The van der Waals surface area contributed by atoms with E-state index in [1.807, 2.05) is 12.1 Å². The lowest BCUT2D eigenvalue weighted by Gasteiger charge is -2.14. The Morgan fingerprint density at radius 2 is 1.66 bits per heavy atom. The van der Waals surface area contributed by atoms with Gasteiger partial charge in [-0.1, -0.05) is 23.4 Å². The van der Waals surface area contributed by atoms with E-state index in [-0.39, 0.29) is 21.7 Å². The van der Waals surface area contributed by atoms with Crippen LogP contribution in [0.4, 0.5) is 24.5 Å². The van der Waals surface area contributed by atoms with Crippen LogP contribution in [0.25, 0.3) is 0 Å². The smallest absolute Gasteiger partial charge is 0.354 e. The van der Waals surface area contributed by atoms with Crippen LogP contribution in [-0.4, -0.2) is 23.1 Å². The summed E-state index contributed by atoms with van der Waals surface area (Å²) in [6.45, 7) is 0. The number of hydrogen-bond acceptors (Lipinski definition) is 4. The lowest BCUT2D eigenvalue weighted by atomic mass is 10.2. The van der Waals surface area contributed by atoms with Gasteiger partial charge in [0.2, 0.25) is 0 Å². The molecule has 166 valence electrons. The maximum absolute atomic E-state index is 13.0. The summed E-state index contributed by atoms with van der Waals surface area (Å²) in [7, 11) is 1.54. The van der Waals surface area contributed by atoms with Crippen LogP contribution in [-0.2, 0) is 6.18 Å². The van der Waals surface area contributed by atoms with E-state index in [9.17, 15) is 18.0 Å². The van der Waals surface area contributed by atoms with Crippen LogP contribution in [0.15, 0.2) is 70.6 Å². The molecule has 0 unspecified atom stereocenters. The molecular formula is C21H16ClF3N4OS2. The van der Waals surface area contributed by atoms with Gasteiger partial charge in [0, 0.05) is 34.4 Å². The van der Waals surface area contributed by atoms with Gasteiger partial charge >= 0.3 is 6.18 Å². The van der Waals surface area contributed by atoms with Gasteiger partial charge in [-0.15, -0.1) is 0 Å². The Morgan fingerprint density at radius 3 is 2.31 bits per heavy atom. The van der Waals surface area contributed by atoms with Crippen LogP contribution in [0.1, 0.15) is 16.1 Å². The van der Waals surface area contributed by atoms with Crippen LogP contribution in [0.5, 0.6) is 0 Å². The van der Waals surface area contributed by atoms with Gasteiger partial charge < -0.3 is 16.0 Å². The molecule has 0 aliphatic heterocycles. The average Bonchev–Trinajstić information content (AvgIpc) is 2.75. The fourth-order valence-electron chi connectivity index (χ4n) is 2.58. The number of anilines is 2. The van der Waals surface area contributed by atoms with E-state index in [1.165, 1.54) is 24.9 Å². The first-order valence-electron chi connectivity index (χ1n) is 9.06. The molecule has 0 aliphatic carbocycles. The van der Waals surface area contributed by atoms with Crippen molar-refractivity contribution in [2.75, 3.05) is 17.7 Å². The molecule has 1 amide bonds. The van der Waals surface area contributed by atoms with Gasteiger partial charge in [-0.25, -0.2) is 0 Å². The van der Waals surface area contributed by atoms with Crippen molar-refractivity contribution in [1.29, 1.82) is 0 Å². The first-order chi connectivity index (χ1) is 15.2. The minimum atomic E-state index is -4.56. The number of halogens is 4. The number of nitrogens with one attached hydrogen (secondary N) is 3. The predicted octanol–water partition coefficient (Wildman–Crippen LogP) is 6.07. The van der Waals surface area contributed by atoms with E-state index in [0.717, 1.165) is 21.9 Å². The number of hydrogen-bond donors (Lipinski definition) is 3. The Hall–Kier alpha value is -2.82. The van der Waals surface area contributed by atoms with Crippen molar-refractivity contribution in [2.45, 2.75) is 16.0 Å². The van der Waals surface area contributed by atoms with Gasteiger partial charge in [-0.3, -0.25) is 9.78 Å². The van der Waals surface area contributed by atoms with Crippen molar-refractivity contribution < 1.29 is 18.0 Å². The number of benzene rings is 2. The summed E-state index contributed by atoms with van der Waals surface area (Å²) < 4.78 is 39.0. The molecule has 1 aromatic heterocycles. The second-order valence-electron chi connectivity index (χ2n) is 6.35. The summed E-state index contributed by atoms with van der Waals surface area (Å²) in [5.41, 5.74) is 0.195. The van der Waals surface area contributed by atoms with Crippen LogP contribution < -0.4 is 16.0 Å². The summed E-state index contributed by atoms with van der Waals surface area (Å²) in [6, 6.07) is 14.2. The van der Waals surface area contributed by atoms with E-state index in [2.05, 4.69) is 20.9 Å². The third kappa shape index (κ3) is 6.35. The molecule has 11 heteroatoms. The summed E-state index contributed by atoms with van der Waals surface area (Å²) >= 11 is 12.3. The molecule has 0 fully saturated rings. The third-order valence-corrected chi connectivity index (χ3v) is 5.60. The largest absolute Gasteiger partial charge is 0.417 e. The van der Waals surface area contributed by atoms with Crippen molar-refractivity contribution in [1.82, 2.24) is 10.3 Å². The average molecular weight is 497 g/mol. The summed E-state index contributed by atoms with van der Waals surface area (Å²) in [4.78, 5) is 17.5. The summed E-state index contributed by atoms with van der Waals surface area (Å²) in [5.74, 6) is -0.268. The lowest BCUT2D eigenvalue weighted by molar-refractivity contribution is -0.137. The number of nitrogens with zero attached hydrogens (tertiary/aromatic N) is 1. The Morgan fingerprint density at radius 1 is 1.00 bits per heavy atom. The molecule has 0 spiro atoms. The first-order valence-corrected chi connectivity index (χ1v) is 10.7. The molecule has 3 N–H and O–H groups in total. The van der Waals surface area contributed by atoms with Crippen LogP contribution in [0.3, 0.4) is 0 Å². The van der Waals surface area contributed by atoms with E-state index >= 15 is 0 Å². The highest BCUT2D eigenvalue weighted by Crippen LogP contribution is 2.36. The Balaban J connectivity index is 1.62. The number of thiocarbonyl (C=S) groups is 1. The normalized spacial score (nSPS) is 11.0. The van der Waals surface area contributed by atoms with E-state index in [4.69, 9.17) is 23.8 Å². The molecule has 2 aromatic carbocycles. The van der Waals surface area contributed by atoms with E-state index < -0.39 is 11.7 Å². The Bertz CT molecular complexity index is 1140. The highest BCUT2D eigenvalue weighted by atomic mass is 35.5. The zero-order valence-electron chi connectivity index (χ0n) is 16.5. The van der Waals surface area contributed by atoms with Crippen LogP contribution in [0, 0.1) is 0 Å². The van der Waals surface area contributed by atoms with Gasteiger partial charge in [0.1, 0.15) is 5.69 Å². The first kappa shape index (κ1) is 23.8. The van der Waals surface area contributed by atoms with Gasteiger partial charge in [0.25, 0.3) is 5.91 Å². The molecule has 0 atom stereocenters. The second-order valence-corrected chi connectivity index (χ2v) is 8.32. The van der Waals surface area contributed by atoms with Crippen molar-refractivity contribution in [3.63, 3.8) is 0 Å². The fourth-order valence-corrected chi connectivity index (χ4v) is 3.89. The van der Waals surface area contributed by atoms with Crippen molar-refractivity contribution >= 4 is 58.0 Å². The maximum atomic E-state index is 13.0. The number of pyridine rings is 1.